The van der Waals surface area contributed by atoms with Gasteiger partial charge in [0.2, 0.25) is 5.95 Å². The van der Waals surface area contributed by atoms with Crippen molar-refractivity contribution in [3.63, 3.8) is 0 Å². The molecule has 1 heterocycles. The molecule has 3 nitrogen and oxygen atoms in total. The van der Waals surface area contributed by atoms with Crippen LogP contribution in [0.4, 0.5) is 13.2 Å². The first-order valence-corrected chi connectivity index (χ1v) is 5.23. The van der Waals surface area contributed by atoms with Gasteiger partial charge in [-0.3, -0.25) is 4.79 Å². The van der Waals surface area contributed by atoms with Gasteiger partial charge in [-0.2, -0.15) is 4.39 Å². The van der Waals surface area contributed by atoms with Crippen molar-refractivity contribution in [1.82, 2.24) is 4.98 Å². The van der Waals surface area contributed by atoms with Crippen LogP contribution in [0.5, 0.6) is 0 Å². The maximum absolute atomic E-state index is 13.2. The van der Waals surface area contributed by atoms with Crippen molar-refractivity contribution in [2.45, 2.75) is 12.8 Å². The van der Waals surface area contributed by atoms with Crippen molar-refractivity contribution in [2.24, 2.45) is 0 Å². The van der Waals surface area contributed by atoms with Crippen LogP contribution in [0.25, 0.3) is 0 Å². The van der Waals surface area contributed by atoms with Crippen LogP contribution in [0.3, 0.4) is 0 Å². The molecule has 0 fully saturated rings. The number of aromatic nitrogens is 1. The molecule has 1 aromatic heterocycles. The summed E-state index contributed by atoms with van der Waals surface area (Å²) < 4.78 is 42.2. The molecular weight excluding hydrogens is 338 g/mol. The molecule has 0 amide bonds. The average molecular weight is 345 g/mol. The lowest BCUT2D eigenvalue weighted by molar-refractivity contribution is -0.139. The minimum atomic E-state index is -2.80. The maximum Gasteiger partial charge on any atom is 0.311 e. The highest BCUT2D eigenvalue weighted by Crippen LogP contribution is 2.26. The smallest absolute Gasteiger partial charge is 0.311 e. The largest absolute Gasteiger partial charge is 0.469 e. The highest BCUT2D eigenvalue weighted by molar-refractivity contribution is 14.1. The van der Waals surface area contributed by atoms with E-state index in [1.807, 2.05) is 0 Å². The molecule has 0 saturated carbocycles. The number of hydrogen-bond acceptors (Lipinski definition) is 3. The van der Waals surface area contributed by atoms with E-state index in [4.69, 9.17) is 0 Å². The van der Waals surface area contributed by atoms with E-state index < -0.39 is 23.9 Å². The number of carbonyl (C=O) groups is 1. The molecule has 0 aliphatic heterocycles. The number of ether oxygens (including phenoxy) is 1. The fourth-order valence-corrected chi connectivity index (χ4v) is 1.55. The Labute approximate surface area is 103 Å². The molecule has 16 heavy (non-hydrogen) atoms. The first-order valence-electron chi connectivity index (χ1n) is 4.15. The number of carbonyl (C=O) groups excluding carboxylic acids is 1. The molecule has 0 aromatic carbocycles. The molecule has 0 unspecified atom stereocenters. The second-order valence-electron chi connectivity index (χ2n) is 2.86. The summed E-state index contributed by atoms with van der Waals surface area (Å²) in [5, 5.41) is 0. The van der Waals surface area contributed by atoms with Crippen molar-refractivity contribution in [3.8, 4) is 0 Å². The molecule has 0 saturated heterocycles. The third-order valence-electron chi connectivity index (χ3n) is 1.79. The molecular formula is C9H7F3INO2. The predicted molar refractivity (Wildman–Crippen MR) is 57.6 cm³/mol. The molecule has 0 radical (unpaired) electrons. The first kappa shape index (κ1) is 13.2. The summed E-state index contributed by atoms with van der Waals surface area (Å²) in [6.07, 6.45) is -3.13. The highest BCUT2D eigenvalue weighted by Gasteiger charge is 2.18. The summed E-state index contributed by atoms with van der Waals surface area (Å²) in [6, 6.07) is 1.01. The molecule has 0 N–H and O–H groups in total. The van der Waals surface area contributed by atoms with Gasteiger partial charge < -0.3 is 4.74 Å². The zero-order valence-electron chi connectivity index (χ0n) is 8.14. The van der Waals surface area contributed by atoms with Gasteiger partial charge in [0.25, 0.3) is 6.43 Å². The second-order valence-corrected chi connectivity index (χ2v) is 3.94. The standard InChI is InChI=1S/C9H7F3INO2/c1-16-6(15)3-4-2-5(8(10)11)7(13)9(12)14-4/h2,8H,3H2,1H3. The number of nitrogens with zero attached hydrogens (tertiary/aromatic N) is 1. The van der Waals surface area contributed by atoms with Gasteiger partial charge >= 0.3 is 5.97 Å². The lowest BCUT2D eigenvalue weighted by Gasteiger charge is -2.06. The van der Waals surface area contributed by atoms with Crippen LogP contribution in [0.2, 0.25) is 0 Å². The summed E-state index contributed by atoms with van der Waals surface area (Å²) in [5.74, 6) is -1.66. The molecule has 7 heteroatoms. The van der Waals surface area contributed by atoms with Gasteiger partial charge in [0.15, 0.2) is 0 Å². The summed E-state index contributed by atoms with van der Waals surface area (Å²) >= 11 is 1.45. The minimum Gasteiger partial charge on any atom is -0.469 e. The summed E-state index contributed by atoms with van der Waals surface area (Å²) in [4.78, 5) is 14.3. The van der Waals surface area contributed by atoms with E-state index in [2.05, 4.69) is 9.72 Å². The molecule has 0 aliphatic rings. The number of hydrogen-bond donors (Lipinski definition) is 0. The van der Waals surface area contributed by atoms with Gasteiger partial charge in [-0.1, -0.05) is 0 Å². The van der Waals surface area contributed by atoms with Gasteiger partial charge in [0, 0.05) is 5.56 Å². The topological polar surface area (TPSA) is 39.2 Å². The predicted octanol–water partition coefficient (Wildman–Crippen LogP) is 2.48. The van der Waals surface area contributed by atoms with Crippen molar-refractivity contribution in [3.05, 3.63) is 26.8 Å². The Kier molecular flexibility index (Phi) is 4.51. The van der Waals surface area contributed by atoms with E-state index >= 15 is 0 Å². The number of halogens is 4. The van der Waals surface area contributed by atoms with Crippen molar-refractivity contribution >= 4 is 28.6 Å². The molecule has 0 aliphatic carbocycles. The molecule has 0 atom stereocenters. The molecule has 88 valence electrons. The zero-order chi connectivity index (χ0) is 12.3. The Balaban J connectivity index is 3.09. The third-order valence-corrected chi connectivity index (χ3v) is 2.85. The Hall–Kier alpha value is -0.860. The molecule has 1 rings (SSSR count). The van der Waals surface area contributed by atoms with Crippen LogP contribution in [0, 0.1) is 9.52 Å². The van der Waals surface area contributed by atoms with Crippen LogP contribution in [0.15, 0.2) is 6.07 Å². The first-order chi connectivity index (χ1) is 7.45. The van der Waals surface area contributed by atoms with Crippen LogP contribution >= 0.6 is 22.6 Å². The lowest BCUT2D eigenvalue weighted by Crippen LogP contribution is -2.09. The number of methoxy groups -OCH3 is 1. The Morgan fingerprint density at radius 1 is 1.62 bits per heavy atom. The minimum absolute atomic E-state index is 0.0694. The average Bonchev–Trinajstić information content (AvgIpc) is 2.22. The van der Waals surface area contributed by atoms with Gasteiger partial charge in [0.1, 0.15) is 0 Å². The van der Waals surface area contributed by atoms with Crippen LogP contribution < -0.4 is 0 Å². The number of alkyl halides is 2. The number of esters is 1. The summed E-state index contributed by atoms with van der Waals surface area (Å²) in [6.45, 7) is 0. The van der Waals surface area contributed by atoms with Crippen LogP contribution in [-0.2, 0) is 16.0 Å². The SMILES string of the molecule is COC(=O)Cc1cc(C(F)F)c(I)c(F)n1. The van der Waals surface area contributed by atoms with Gasteiger partial charge in [-0.25, -0.2) is 13.8 Å². The highest BCUT2D eigenvalue weighted by atomic mass is 127. The van der Waals surface area contributed by atoms with Crippen molar-refractivity contribution in [2.75, 3.05) is 7.11 Å². The third kappa shape index (κ3) is 3.06. The quantitative estimate of drug-likeness (QED) is 0.480. The Morgan fingerprint density at radius 2 is 2.25 bits per heavy atom. The van der Waals surface area contributed by atoms with E-state index in [1.165, 1.54) is 22.6 Å². The lowest BCUT2D eigenvalue weighted by atomic mass is 10.2. The van der Waals surface area contributed by atoms with Crippen molar-refractivity contribution < 1.29 is 22.7 Å². The second kappa shape index (κ2) is 5.46. The Morgan fingerprint density at radius 3 is 2.75 bits per heavy atom. The van der Waals surface area contributed by atoms with E-state index in [-0.39, 0.29) is 15.7 Å². The van der Waals surface area contributed by atoms with E-state index in [9.17, 15) is 18.0 Å². The fraction of sp³-hybridized carbons (Fsp3) is 0.333. The van der Waals surface area contributed by atoms with E-state index in [0.29, 0.717) is 0 Å². The fourth-order valence-electron chi connectivity index (χ4n) is 1.04. The van der Waals surface area contributed by atoms with Gasteiger partial charge in [-0.15, -0.1) is 0 Å². The Bertz CT molecular complexity index is 412. The number of rotatable bonds is 3. The molecule has 0 spiro atoms. The number of pyridine rings is 1. The van der Waals surface area contributed by atoms with Crippen LogP contribution in [-0.4, -0.2) is 18.1 Å². The van der Waals surface area contributed by atoms with Gasteiger partial charge in [-0.05, 0) is 28.7 Å². The molecule has 1 aromatic rings. The summed E-state index contributed by atoms with van der Waals surface area (Å²) in [5.41, 5.74) is -0.535. The van der Waals surface area contributed by atoms with Crippen LogP contribution in [0.1, 0.15) is 17.7 Å². The van der Waals surface area contributed by atoms with Crippen molar-refractivity contribution in [1.29, 1.82) is 0 Å². The van der Waals surface area contributed by atoms with Gasteiger partial charge in [0.05, 0.1) is 22.8 Å². The zero-order valence-corrected chi connectivity index (χ0v) is 10.3. The summed E-state index contributed by atoms with van der Waals surface area (Å²) in [7, 11) is 1.15. The monoisotopic (exact) mass is 345 g/mol. The van der Waals surface area contributed by atoms with E-state index in [0.717, 1.165) is 13.2 Å². The normalized spacial score (nSPS) is 10.6. The molecule has 0 bridgehead atoms. The maximum atomic E-state index is 13.2. The van der Waals surface area contributed by atoms with E-state index in [1.54, 1.807) is 0 Å².